The second-order valence-corrected chi connectivity index (χ2v) is 3.08. The minimum atomic E-state index is 0.754. The number of hydrogen-bond acceptors (Lipinski definition) is 3. The van der Waals surface area contributed by atoms with Crippen LogP contribution in [0.25, 0.3) is 6.08 Å². The summed E-state index contributed by atoms with van der Waals surface area (Å²) < 4.78 is 0. The highest BCUT2D eigenvalue weighted by Gasteiger charge is 2.01. The maximum absolute atomic E-state index is 10.3. The van der Waals surface area contributed by atoms with Crippen molar-refractivity contribution in [2.75, 3.05) is 12.1 Å². The van der Waals surface area contributed by atoms with Crippen molar-refractivity contribution in [3.05, 3.63) is 48.6 Å². The van der Waals surface area contributed by atoms with Gasteiger partial charge in [-0.05, 0) is 29.9 Å². The summed E-state index contributed by atoms with van der Waals surface area (Å²) in [7, 11) is 1.84. The molecule has 0 bridgehead atoms. The predicted molar refractivity (Wildman–Crippen MR) is 68.6 cm³/mol. The molecule has 0 spiro atoms. The quantitative estimate of drug-likeness (QED) is 0.326. The molecule has 0 heterocycles. The van der Waals surface area contributed by atoms with E-state index in [0.717, 1.165) is 17.5 Å². The molecule has 0 saturated carbocycles. The molecule has 0 aliphatic carbocycles. The van der Waals surface area contributed by atoms with Crippen LogP contribution in [-0.2, 0) is 4.79 Å². The first-order chi connectivity index (χ1) is 7.79. The highest BCUT2D eigenvalue weighted by Crippen LogP contribution is 2.20. The fourth-order valence-electron chi connectivity index (χ4n) is 1.28. The summed E-state index contributed by atoms with van der Waals surface area (Å²) in [6.45, 7) is 3.56. The van der Waals surface area contributed by atoms with Crippen LogP contribution in [-0.4, -0.2) is 19.5 Å². The van der Waals surface area contributed by atoms with E-state index >= 15 is 0 Å². The first kappa shape index (κ1) is 11.9. The molecule has 3 heteroatoms. The van der Waals surface area contributed by atoms with E-state index in [1.165, 1.54) is 6.08 Å². The molecule has 0 fully saturated rings. The number of benzene rings is 1. The van der Waals surface area contributed by atoms with Gasteiger partial charge >= 0.3 is 0 Å². The van der Waals surface area contributed by atoms with Crippen molar-refractivity contribution in [3.63, 3.8) is 0 Å². The molecule has 1 rings (SSSR count). The van der Waals surface area contributed by atoms with Crippen molar-refractivity contribution in [1.29, 1.82) is 0 Å². The average molecular weight is 214 g/mol. The van der Waals surface area contributed by atoms with Crippen LogP contribution >= 0.6 is 0 Å². The van der Waals surface area contributed by atoms with Crippen LogP contribution in [0, 0.1) is 0 Å². The van der Waals surface area contributed by atoms with Crippen LogP contribution in [0.15, 0.2) is 48.1 Å². The van der Waals surface area contributed by atoms with Crippen molar-refractivity contribution in [3.8, 4) is 0 Å². The molecule has 0 atom stereocenters. The Labute approximate surface area is 95.4 Å². The normalized spacial score (nSPS) is 10.8. The molecule has 1 aromatic rings. The smallest absolute Gasteiger partial charge is 0.142 e. The van der Waals surface area contributed by atoms with Crippen LogP contribution in [0.3, 0.4) is 0 Å². The van der Waals surface area contributed by atoms with E-state index in [2.05, 4.69) is 11.7 Å². The first-order valence-electron chi connectivity index (χ1n) is 4.89. The largest absolute Gasteiger partial charge is 0.299 e. The number of allylic oxidation sites excluding steroid dienone is 2. The third-order valence-corrected chi connectivity index (χ3v) is 1.99. The number of hydrogen-bond donors (Lipinski definition) is 0. The van der Waals surface area contributed by atoms with Gasteiger partial charge in [-0.2, -0.15) is 5.10 Å². The SMILES string of the molecule is C=C/C=N\N(C)c1ccccc1C=CC=O. The van der Waals surface area contributed by atoms with Crippen molar-refractivity contribution in [1.82, 2.24) is 0 Å². The number of para-hydroxylation sites is 1. The maximum Gasteiger partial charge on any atom is 0.142 e. The maximum atomic E-state index is 10.3. The third-order valence-electron chi connectivity index (χ3n) is 1.99. The standard InChI is InChI=1S/C13H14N2O/c1-3-10-14-15(2)13-9-5-4-7-12(13)8-6-11-16/h3-11H,1H2,2H3/b8-6?,14-10-. The van der Waals surface area contributed by atoms with Gasteiger partial charge in [0, 0.05) is 13.3 Å². The molecule has 0 amide bonds. The second-order valence-electron chi connectivity index (χ2n) is 3.08. The van der Waals surface area contributed by atoms with Gasteiger partial charge in [-0.25, -0.2) is 0 Å². The Bertz CT molecular complexity index is 422. The van der Waals surface area contributed by atoms with Gasteiger partial charge in [-0.15, -0.1) is 0 Å². The summed E-state index contributed by atoms with van der Waals surface area (Å²) in [6, 6.07) is 7.70. The monoisotopic (exact) mass is 214 g/mol. The Hall–Kier alpha value is -2.16. The van der Waals surface area contributed by atoms with Gasteiger partial charge in [0.15, 0.2) is 0 Å². The van der Waals surface area contributed by atoms with E-state index in [-0.39, 0.29) is 0 Å². The van der Waals surface area contributed by atoms with Crippen LogP contribution in [0.1, 0.15) is 5.56 Å². The number of hydrazone groups is 1. The van der Waals surface area contributed by atoms with E-state index < -0.39 is 0 Å². The molecule has 16 heavy (non-hydrogen) atoms. The summed E-state index contributed by atoms with van der Waals surface area (Å²) in [5, 5.41) is 5.88. The van der Waals surface area contributed by atoms with Crippen LogP contribution in [0.2, 0.25) is 0 Å². The van der Waals surface area contributed by atoms with Crippen molar-refractivity contribution >= 4 is 24.3 Å². The molecule has 0 aliphatic rings. The summed E-state index contributed by atoms with van der Waals surface area (Å²) in [4.78, 5) is 10.3. The number of anilines is 1. The lowest BCUT2D eigenvalue weighted by atomic mass is 10.1. The minimum absolute atomic E-state index is 0.754. The van der Waals surface area contributed by atoms with Gasteiger partial charge in [-0.3, -0.25) is 9.80 Å². The molecule has 0 unspecified atom stereocenters. The number of aldehydes is 1. The van der Waals surface area contributed by atoms with Gasteiger partial charge in [0.05, 0.1) is 5.69 Å². The molecule has 0 saturated heterocycles. The van der Waals surface area contributed by atoms with Gasteiger partial charge in [-0.1, -0.05) is 24.8 Å². The number of carbonyl (C=O) groups excluding carboxylic acids is 1. The zero-order valence-electron chi connectivity index (χ0n) is 9.21. The van der Waals surface area contributed by atoms with Gasteiger partial charge in [0.1, 0.15) is 6.29 Å². The Morgan fingerprint density at radius 3 is 2.81 bits per heavy atom. The summed E-state index contributed by atoms with van der Waals surface area (Å²) in [6.07, 6.45) is 7.19. The summed E-state index contributed by atoms with van der Waals surface area (Å²) >= 11 is 0. The second kappa shape index (κ2) is 6.35. The molecule has 3 nitrogen and oxygen atoms in total. The minimum Gasteiger partial charge on any atom is -0.299 e. The average Bonchev–Trinajstić information content (AvgIpc) is 2.33. The molecule has 82 valence electrons. The van der Waals surface area contributed by atoms with Gasteiger partial charge < -0.3 is 0 Å². The Morgan fingerprint density at radius 1 is 1.38 bits per heavy atom. The fraction of sp³-hybridized carbons (Fsp3) is 0.0769. The zero-order valence-corrected chi connectivity index (χ0v) is 9.21. The number of rotatable bonds is 5. The highest BCUT2D eigenvalue weighted by molar-refractivity contribution is 5.79. The molecular weight excluding hydrogens is 200 g/mol. The first-order valence-corrected chi connectivity index (χ1v) is 4.89. The van der Waals surface area contributed by atoms with E-state index in [1.807, 2.05) is 31.3 Å². The number of carbonyl (C=O) groups is 1. The van der Waals surface area contributed by atoms with E-state index in [0.29, 0.717) is 0 Å². The molecule has 0 aliphatic heterocycles. The van der Waals surface area contributed by atoms with E-state index in [4.69, 9.17) is 0 Å². The highest BCUT2D eigenvalue weighted by atomic mass is 16.1. The number of nitrogens with zero attached hydrogens (tertiary/aromatic N) is 2. The predicted octanol–water partition coefficient (Wildman–Crippen LogP) is 2.51. The summed E-state index contributed by atoms with van der Waals surface area (Å²) in [5.74, 6) is 0. The van der Waals surface area contributed by atoms with Crippen LogP contribution < -0.4 is 5.01 Å². The lowest BCUT2D eigenvalue weighted by molar-refractivity contribution is -0.104. The zero-order chi connectivity index (χ0) is 11.8. The molecule has 0 N–H and O–H groups in total. The topological polar surface area (TPSA) is 32.7 Å². The molecule has 0 radical (unpaired) electrons. The van der Waals surface area contributed by atoms with Crippen LogP contribution in [0.4, 0.5) is 5.69 Å². The molecular formula is C13H14N2O. The van der Waals surface area contributed by atoms with Gasteiger partial charge in [0.25, 0.3) is 0 Å². The van der Waals surface area contributed by atoms with E-state index in [9.17, 15) is 4.79 Å². The van der Waals surface area contributed by atoms with Gasteiger partial charge in [0.2, 0.25) is 0 Å². The van der Waals surface area contributed by atoms with Crippen molar-refractivity contribution in [2.45, 2.75) is 0 Å². The fourth-order valence-corrected chi connectivity index (χ4v) is 1.28. The molecule has 1 aromatic carbocycles. The van der Waals surface area contributed by atoms with Crippen molar-refractivity contribution in [2.24, 2.45) is 5.10 Å². The summed E-state index contributed by atoms with van der Waals surface area (Å²) in [5.41, 5.74) is 1.87. The molecule has 0 aromatic heterocycles. The Kier molecular flexibility index (Phi) is 4.73. The lowest BCUT2D eigenvalue weighted by Gasteiger charge is -2.15. The third kappa shape index (κ3) is 3.20. The Balaban J connectivity index is 3.02. The van der Waals surface area contributed by atoms with Crippen molar-refractivity contribution < 1.29 is 4.79 Å². The Morgan fingerprint density at radius 2 is 2.12 bits per heavy atom. The van der Waals surface area contributed by atoms with E-state index in [1.54, 1.807) is 23.4 Å². The van der Waals surface area contributed by atoms with Crippen LogP contribution in [0.5, 0.6) is 0 Å². The lowest BCUT2D eigenvalue weighted by Crippen LogP contribution is -2.09.